The Kier molecular flexibility index (Phi) is 5.51. The molecule has 1 saturated carbocycles. The van der Waals surface area contributed by atoms with Crippen molar-refractivity contribution in [3.63, 3.8) is 0 Å². The van der Waals surface area contributed by atoms with Crippen molar-refractivity contribution < 1.29 is 9.47 Å². The molecule has 1 aromatic rings. The first kappa shape index (κ1) is 16.2. The van der Waals surface area contributed by atoms with Crippen LogP contribution in [0.15, 0.2) is 18.2 Å². The molecule has 118 valence electrons. The molecular formula is C18H29NO2. The highest BCUT2D eigenvalue weighted by atomic mass is 16.5. The van der Waals surface area contributed by atoms with Gasteiger partial charge in [-0.25, -0.2) is 0 Å². The van der Waals surface area contributed by atoms with Gasteiger partial charge in [-0.05, 0) is 59.4 Å². The van der Waals surface area contributed by atoms with Crippen LogP contribution in [0.1, 0.15) is 58.9 Å². The van der Waals surface area contributed by atoms with Gasteiger partial charge in [-0.15, -0.1) is 0 Å². The summed E-state index contributed by atoms with van der Waals surface area (Å²) in [6.45, 7) is 10.0. The maximum absolute atomic E-state index is 6.29. The van der Waals surface area contributed by atoms with E-state index in [1.165, 1.54) is 18.4 Å². The Morgan fingerprint density at radius 2 is 1.90 bits per heavy atom. The van der Waals surface area contributed by atoms with E-state index in [2.05, 4.69) is 32.2 Å². The van der Waals surface area contributed by atoms with Crippen molar-refractivity contribution in [3.05, 3.63) is 23.8 Å². The predicted octanol–water partition coefficient (Wildman–Crippen LogP) is 4.29. The van der Waals surface area contributed by atoms with Crippen LogP contribution >= 0.6 is 0 Å². The molecule has 1 aromatic carbocycles. The summed E-state index contributed by atoms with van der Waals surface area (Å²) in [5.74, 6) is 1.81. The lowest BCUT2D eigenvalue weighted by Crippen LogP contribution is -2.35. The first-order valence-corrected chi connectivity index (χ1v) is 8.16. The number of nitrogens with one attached hydrogen (secondary N) is 1. The molecule has 3 heteroatoms. The molecule has 0 radical (unpaired) electrons. The summed E-state index contributed by atoms with van der Waals surface area (Å²) >= 11 is 0. The van der Waals surface area contributed by atoms with Gasteiger partial charge in [-0.2, -0.15) is 0 Å². The van der Waals surface area contributed by atoms with Crippen molar-refractivity contribution in [2.75, 3.05) is 6.61 Å². The molecule has 1 fully saturated rings. The smallest absolute Gasteiger partial charge is 0.166 e. The standard InChI is InChI=1S/C18H29NO2/c1-5-20-16-12-8-9-14(13-19-18(2,3)4)17(16)21-15-10-6-7-11-15/h8-9,12,15,19H,5-7,10-11,13H2,1-4H3. The quantitative estimate of drug-likeness (QED) is 0.848. The number of hydrogen-bond donors (Lipinski definition) is 1. The van der Waals surface area contributed by atoms with Gasteiger partial charge in [0.25, 0.3) is 0 Å². The van der Waals surface area contributed by atoms with Gasteiger partial charge in [0.1, 0.15) is 0 Å². The van der Waals surface area contributed by atoms with Crippen LogP contribution < -0.4 is 14.8 Å². The second-order valence-electron chi connectivity index (χ2n) is 6.81. The van der Waals surface area contributed by atoms with Crippen LogP contribution in [0.25, 0.3) is 0 Å². The molecular weight excluding hydrogens is 262 g/mol. The third kappa shape index (κ3) is 4.92. The molecule has 0 spiro atoms. The Labute approximate surface area is 129 Å². The van der Waals surface area contributed by atoms with Gasteiger partial charge in [0.2, 0.25) is 0 Å². The molecule has 0 aliphatic heterocycles. The molecule has 21 heavy (non-hydrogen) atoms. The summed E-state index contributed by atoms with van der Waals surface area (Å²) in [6.07, 6.45) is 5.22. The topological polar surface area (TPSA) is 30.5 Å². The monoisotopic (exact) mass is 291 g/mol. The van der Waals surface area contributed by atoms with Crippen molar-refractivity contribution in [2.24, 2.45) is 0 Å². The van der Waals surface area contributed by atoms with E-state index >= 15 is 0 Å². The predicted molar refractivity (Wildman–Crippen MR) is 87.1 cm³/mol. The van der Waals surface area contributed by atoms with E-state index in [9.17, 15) is 0 Å². The van der Waals surface area contributed by atoms with E-state index in [0.29, 0.717) is 12.7 Å². The van der Waals surface area contributed by atoms with E-state index in [4.69, 9.17) is 9.47 Å². The van der Waals surface area contributed by atoms with Crippen molar-refractivity contribution in [1.82, 2.24) is 5.32 Å². The zero-order valence-corrected chi connectivity index (χ0v) is 13.9. The van der Waals surface area contributed by atoms with Crippen LogP contribution in [0.4, 0.5) is 0 Å². The highest BCUT2D eigenvalue weighted by molar-refractivity contribution is 5.47. The van der Waals surface area contributed by atoms with Gasteiger partial charge in [0.05, 0.1) is 12.7 Å². The fourth-order valence-electron chi connectivity index (χ4n) is 2.64. The number of hydrogen-bond acceptors (Lipinski definition) is 3. The maximum atomic E-state index is 6.29. The Morgan fingerprint density at radius 3 is 2.52 bits per heavy atom. The van der Waals surface area contributed by atoms with Gasteiger partial charge >= 0.3 is 0 Å². The van der Waals surface area contributed by atoms with E-state index in [1.54, 1.807) is 0 Å². The second-order valence-corrected chi connectivity index (χ2v) is 6.81. The Bertz CT molecular complexity index is 445. The largest absolute Gasteiger partial charge is 0.490 e. The van der Waals surface area contributed by atoms with Gasteiger partial charge in [0.15, 0.2) is 11.5 Å². The number of rotatable bonds is 6. The fraction of sp³-hybridized carbons (Fsp3) is 0.667. The third-order valence-corrected chi connectivity index (χ3v) is 3.76. The van der Waals surface area contributed by atoms with Crippen LogP contribution in [0, 0.1) is 0 Å². The van der Waals surface area contributed by atoms with E-state index in [0.717, 1.165) is 30.9 Å². The average Bonchev–Trinajstić information content (AvgIpc) is 2.91. The van der Waals surface area contributed by atoms with Gasteiger partial charge < -0.3 is 14.8 Å². The molecule has 0 heterocycles. The number of benzene rings is 1. The minimum atomic E-state index is 0.0895. The minimum absolute atomic E-state index is 0.0895. The highest BCUT2D eigenvalue weighted by Gasteiger charge is 2.21. The summed E-state index contributed by atoms with van der Waals surface area (Å²) in [7, 11) is 0. The second kappa shape index (κ2) is 7.17. The molecule has 1 aliphatic rings. The van der Waals surface area contributed by atoms with E-state index in [-0.39, 0.29) is 5.54 Å². The zero-order chi connectivity index (χ0) is 15.3. The van der Waals surface area contributed by atoms with Crippen LogP contribution in [-0.2, 0) is 6.54 Å². The molecule has 1 N–H and O–H groups in total. The Hall–Kier alpha value is -1.22. The highest BCUT2D eigenvalue weighted by Crippen LogP contribution is 2.35. The minimum Gasteiger partial charge on any atom is -0.490 e. The Morgan fingerprint density at radius 1 is 1.19 bits per heavy atom. The van der Waals surface area contributed by atoms with Crippen LogP contribution in [0.2, 0.25) is 0 Å². The first-order valence-electron chi connectivity index (χ1n) is 8.16. The SMILES string of the molecule is CCOc1cccc(CNC(C)(C)C)c1OC1CCCC1. The molecule has 0 atom stereocenters. The molecule has 0 amide bonds. The molecule has 0 bridgehead atoms. The summed E-state index contributed by atoms with van der Waals surface area (Å²) in [4.78, 5) is 0. The maximum Gasteiger partial charge on any atom is 0.166 e. The van der Waals surface area contributed by atoms with Crippen LogP contribution in [0.5, 0.6) is 11.5 Å². The Balaban J connectivity index is 2.18. The van der Waals surface area contributed by atoms with Gasteiger partial charge in [-0.1, -0.05) is 12.1 Å². The van der Waals surface area contributed by atoms with Crippen molar-refractivity contribution in [3.8, 4) is 11.5 Å². The van der Waals surface area contributed by atoms with Gasteiger partial charge in [0, 0.05) is 17.6 Å². The summed E-state index contributed by atoms with van der Waals surface area (Å²) in [6, 6.07) is 6.19. The first-order chi connectivity index (χ1) is 9.99. The van der Waals surface area contributed by atoms with Crippen molar-refractivity contribution >= 4 is 0 Å². The molecule has 2 rings (SSSR count). The van der Waals surface area contributed by atoms with Crippen LogP contribution in [-0.4, -0.2) is 18.2 Å². The molecule has 1 aliphatic carbocycles. The molecule has 3 nitrogen and oxygen atoms in total. The molecule has 0 aromatic heterocycles. The van der Waals surface area contributed by atoms with Gasteiger partial charge in [-0.3, -0.25) is 0 Å². The van der Waals surface area contributed by atoms with E-state index in [1.807, 2.05) is 19.1 Å². The lowest BCUT2D eigenvalue weighted by atomic mass is 10.1. The van der Waals surface area contributed by atoms with Crippen LogP contribution in [0.3, 0.4) is 0 Å². The average molecular weight is 291 g/mol. The fourth-order valence-corrected chi connectivity index (χ4v) is 2.64. The number of ether oxygens (including phenoxy) is 2. The molecule has 0 unspecified atom stereocenters. The molecule has 0 saturated heterocycles. The summed E-state index contributed by atoms with van der Waals surface area (Å²) in [5, 5.41) is 3.54. The zero-order valence-electron chi connectivity index (χ0n) is 13.9. The van der Waals surface area contributed by atoms with Crippen molar-refractivity contribution in [2.45, 2.75) is 71.6 Å². The normalized spacial score (nSPS) is 16.2. The summed E-state index contributed by atoms with van der Waals surface area (Å²) in [5.41, 5.74) is 1.27. The van der Waals surface area contributed by atoms with Crippen molar-refractivity contribution in [1.29, 1.82) is 0 Å². The third-order valence-electron chi connectivity index (χ3n) is 3.76. The summed E-state index contributed by atoms with van der Waals surface area (Å²) < 4.78 is 12.1. The number of para-hydroxylation sites is 1. The lowest BCUT2D eigenvalue weighted by Gasteiger charge is -2.24. The van der Waals surface area contributed by atoms with E-state index < -0.39 is 0 Å². The lowest BCUT2D eigenvalue weighted by molar-refractivity contribution is 0.194.